The topological polar surface area (TPSA) is 130 Å². The third-order valence-corrected chi connectivity index (χ3v) is 6.10. The molecule has 2 aliphatic rings. The molecule has 0 unspecified atom stereocenters. The van der Waals surface area contributed by atoms with Crippen molar-refractivity contribution >= 4 is 17.8 Å². The van der Waals surface area contributed by atoms with Crippen molar-refractivity contribution in [2.75, 3.05) is 19.7 Å². The van der Waals surface area contributed by atoms with Crippen molar-refractivity contribution in [3.63, 3.8) is 0 Å². The van der Waals surface area contributed by atoms with Gasteiger partial charge >= 0.3 is 24.3 Å². The number of carboxylic acid groups (broad SMARTS) is 2. The molecule has 2 aromatic heterocycles. The minimum atomic E-state index is -5.08. The second-order valence-electron chi connectivity index (χ2n) is 8.81. The smallest absolute Gasteiger partial charge is 0.475 e. The van der Waals surface area contributed by atoms with E-state index in [4.69, 9.17) is 24.5 Å². The standard InChI is InChI=1S/C20H23N3O2.2C2HF3O2/c24-19(18-5-1-2-9-22-18)23-12-17-4-3-8-20(17,14-23)15-25-13-16-6-10-21-11-7-16;2*3-2(4,5)1(6)7/h1-2,5-7,9-11,17H,3-4,8,12-15H2;2*(H,6,7)/t17-,20+;;/m1../s1. The number of ether oxygens (including phenoxy) is 1. The number of fused-ring (bicyclic) bond motifs is 1. The van der Waals surface area contributed by atoms with Crippen molar-refractivity contribution in [3.05, 3.63) is 60.2 Å². The lowest BCUT2D eigenvalue weighted by Gasteiger charge is -2.28. The Morgan fingerprint density at radius 3 is 2.08 bits per heavy atom. The van der Waals surface area contributed by atoms with Crippen LogP contribution in [0.15, 0.2) is 48.9 Å². The molecule has 2 atom stereocenters. The zero-order chi connectivity index (χ0) is 29.3. The van der Waals surface area contributed by atoms with Gasteiger partial charge in [0.05, 0.1) is 13.2 Å². The van der Waals surface area contributed by atoms with E-state index in [-0.39, 0.29) is 11.3 Å². The van der Waals surface area contributed by atoms with Gasteiger partial charge in [0.1, 0.15) is 5.69 Å². The summed E-state index contributed by atoms with van der Waals surface area (Å²) in [5, 5.41) is 14.2. The summed E-state index contributed by atoms with van der Waals surface area (Å²) in [5.74, 6) is -4.93. The van der Waals surface area contributed by atoms with Crippen LogP contribution in [0.2, 0.25) is 0 Å². The molecule has 1 amide bonds. The van der Waals surface area contributed by atoms with Gasteiger partial charge in [0, 0.05) is 37.1 Å². The number of likely N-dealkylation sites (tertiary alicyclic amines) is 1. The number of carbonyl (C=O) groups excluding carboxylic acids is 1. The number of carboxylic acids is 2. The Balaban J connectivity index is 0.000000317. The van der Waals surface area contributed by atoms with Gasteiger partial charge in [-0.15, -0.1) is 0 Å². The zero-order valence-electron chi connectivity index (χ0n) is 20.3. The van der Waals surface area contributed by atoms with Crippen LogP contribution >= 0.6 is 0 Å². The SMILES string of the molecule is O=C(O)C(F)(F)F.O=C(O)C(F)(F)F.O=C(c1ccccn1)N1C[C@H]2CCC[C@@]2(COCc2ccncc2)C1. The van der Waals surface area contributed by atoms with Gasteiger partial charge in [0.25, 0.3) is 5.91 Å². The average Bonchev–Trinajstić information content (AvgIpc) is 3.42. The van der Waals surface area contributed by atoms with Gasteiger partial charge in [0.2, 0.25) is 0 Å². The highest BCUT2D eigenvalue weighted by Crippen LogP contribution is 2.49. The van der Waals surface area contributed by atoms with Crippen molar-refractivity contribution in [2.45, 2.75) is 38.2 Å². The number of rotatable bonds is 5. The Hall–Kier alpha value is -3.75. The van der Waals surface area contributed by atoms with Gasteiger partial charge in [0.15, 0.2) is 0 Å². The molecule has 214 valence electrons. The fourth-order valence-corrected chi connectivity index (χ4v) is 4.31. The lowest BCUT2D eigenvalue weighted by atomic mass is 9.81. The largest absolute Gasteiger partial charge is 0.490 e. The average molecular weight is 565 g/mol. The first kappa shape index (κ1) is 31.5. The van der Waals surface area contributed by atoms with Gasteiger partial charge in [-0.25, -0.2) is 9.59 Å². The third kappa shape index (κ3) is 9.50. The molecule has 0 spiro atoms. The van der Waals surface area contributed by atoms with Gasteiger partial charge in [-0.05, 0) is 48.6 Å². The fraction of sp³-hybridized carbons (Fsp3) is 0.458. The Kier molecular flexibility index (Phi) is 10.8. The predicted octanol–water partition coefficient (Wildman–Crippen LogP) is 4.20. The van der Waals surface area contributed by atoms with E-state index in [0.29, 0.717) is 24.8 Å². The van der Waals surface area contributed by atoms with Crippen LogP contribution < -0.4 is 0 Å². The molecule has 1 saturated heterocycles. The van der Waals surface area contributed by atoms with E-state index in [2.05, 4.69) is 9.97 Å². The highest BCUT2D eigenvalue weighted by molar-refractivity contribution is 5.92. The first-order chi connectivity index (χ1) is 18.2. The predicted molar refractivity (Wildman–Crippen MR) is 121 cm³/mol. The van der Waals surface area contributed by atoms with Gasteiger partial charge < -0.3 is 19.8 Å². The van der Waals surface area contributed by atoms with Crippen LogP contribution in [-0.4, -0.2) is 75.0 Å². The minimum Gasteiger partial charge on any atom is -0.475 e. The molecule has 15 heteroatoms. The molecule has 2 aromatic rings. The van der Waals surface area contributed by atoms with E-state index in [9.17, 15) is 31.1 Å². The molecule has 4 rings (SSSR count). The number of alkyl halides is 6. The highest BCUT2D eigenvalue weighted by Gasteiger charge is 2.51. The quantitative estimate of drug-likeness (QED) is 0.516. The highest BCUT2D eigenvalue weighted by atomic mass is 19.4. The van der Waals surface area contributed by atoms with Gasteiger partial charge in [-0.1, -0.05) is 12.5 Å². The van der Waals surface area contributed by atoms with Crippen molar-refractivity contribution in [1.29, 1.82) is 0 Å². The number of aromatic nitrogens is 2. The maximum absolute atomic E-state index is 12.7. The van der Waals surface area contributed by atoms with Crippen molar-refractivity contribution in [2.24, 2.45) is 11.3 Å². The van der Waals surface area contributed by atoms with Crippen molar-refractivity contribution < 1.29 is 55.7 Å². The lowest BCUT2D eigenvalue weighted by molar-refractivity contribution is -0.193. The summed E-state index contributed by atoms with van der Waals surface area (Å²) in [6.07, 6.45) is -1.35. The third-order valence-electron chi connectivity index (χ3n) is 6.10. The second-order valence-corrected chi connectivity index (χ2v) is 8.81. The summed E-state index contributed by atoms with van der Waals surface area (Å²) >= 11 is 0. The summed E-state index contributed by atoms with van der Waals surface area (Å²) in [6, 6.07) is 9.46. The monoisotopic (exact) mass is 565 g/mol. The fourth-order valence-electron chi connectivity index (χ4n) is 4.31. The Bertz CT molecular complexity index is 1080. The van der Waals surface area contributed by atoms with Crippen LogP contribution in [0, 0.1) is 11.3 Å². The Morgan fingerprint density at radius 1 is 0.974 bits per heavy atom. The summed E-state index contributed by atoms with van der Waals surface area (Å²) in [5.41, 5.74) is 1.79. The molecule has 1 aliphatic heterocycles. The molecule has 9 nitrogen and oxygen atoms in total. The molecule has 1 aliphatic carbocycles. The number of halogens is 6. The molecule has 0 aromatic carbocycles. The first-order valence-corrected chi connectivity index (χ1v) is 11.4. The van der Waals surface area contributed by atoms with E-state index in [0.717, 1.165) is 25.1 Å². The molecule has 0 radical (unpaired) electrons. The first-order valence-electron chi connectivity index (χ1n) is 11.4. The lowest BCUT2D eigenvalue weighted by Crippen LogP contribution is -2.35. The van der Waals surface area contributed by atoms with Crippen LogP contribution in [0.5, 0.6) is 0 Å². The Labute approximate surface area is 218 Å². The van der Waals surface area contributed by atoms with E-state index in [1.165, 1.54) is 12.8 Å². The molecular weight excluding hydrogens is 540 g/mol. The van der Waals surface area contributed by atoms with E-state index < -0.39 is 24.3 Å². The number of nitrogens with zero attached hydrogens (tertiary/aromatic N) is 3. The molecule has 2 N–H and O–H groups in total. The van der Waals surface area contributed by atoms with Gasteiger partial charge in [-0.2, -0.15) is 26.3 Å². The molecule has 1 saturated carbocycles. The van der Waals surface area contributed by atoms with Crippen molar-refractivity contribution in [3.8, 4) is 0 Å². The maximum atomic E-state index is 12.7. The maximum Gasteiger partial charge on any atom is 0.490 e. The van der Waals surface area contributed by atoms with Crippen LogP contribution in [0.1, 0.15) is 35.3 Å². The second kappa shape index (κ2) is 13.4. The van der Waals surface area contributed by atoms with E-state index in [1.807, 2.05) is 29.2 Å². The number of aliphatic carboxylic acids is 2. The summed E-state index contributed by atoms with van der Waals surface area (Å²) in [7, 11) is 0. The van der Waals surface area contributed by atoms with E-state index >= 15 is 0 Å². The summed E-state index contributed by atoms with van der Waals surface area (Å²) in [6.45, 7) is 2.93. The Morgan fingerprint density at radius 2 is 1.56 bits per heavy atom. The number of amides is 1. The molecular formula is C24H25F6N3O6. The minimum absolute atomic E-state index is 0.0449. The van der Waals surface area contributed by atoms with Crippen LogP contribution in [0.3, 0.4) is 0 Å². The molecule has 2 fully saturated rings. The van der Waals surface area contributed by atoms with E-state index in [1.54, 1.807) is 24.7 Å². The summed E-state index contributed by atoms with van der Waals surface area (Å²) in [4.78, 5) is 40.7. The number of hydrogen-bond acceptors (Lipinski definition) is 6. The van der Waals surface area contributed by atoms with Gasteiger partial charge in [-0.3, -0.25) is 14.8 Å². The normalized spacial score (nSPS) is 20.2. The number of pyridine rings is 2. The zero-order valence-corrected chi connectivity index (χ0v) is 20.3. The molecule has 0 bridgehead atoms. The summed E-state index contributed by atoms with van der Waals surface area (Å²) < 4.78 is 69.5. The van der Waals surface area contributed by atoms with Crippen molar-refractivity contribution in [1.82, 2.24) is 14.9 Å². The van der Waals surface area contributed by atoms with Crippen LogP contribution in [0.25, 0.3) is 0 Å². The molecule has 39 heavy (non-hydrogen) atoms. The number of hydrogen-bond donors (Lipinski definition) is 2. The van der Waals surface area contributed by atoms with Crippen LogP contribution in [0.4, 0.5) is 26.3 Å². The molecule has 3 heterocycles. The van der Waals surface area contributed by atoms with Crippen LogP contribution in [-0.2, 0) is 20.9 Å². The number of carbonyl (C=O) groups is 3.